The van der Waals surface area contributed by atoms with Gasteiger partial charge in [0.2, 0.25) is 0 Å². The van der Waals surface area contributed by atoms with E-state index in [9.17, 15) is 0 Å². The van der Waals surface area contributed by atoms with E-state index < -0.39 is 0 Å². The van der Waals surface area contributed by atoms with Crippen LogP contribution in [0, 0.1) is 5.92 Å². The molecule has 3 aliphatic heterocycles. The highest BCUT2D eigenvalue weighted by Crippen LogP contribution is 2.31. The van der Waals surface area contributed by atoms with Gasteiger partial charge in [-0.15, -0.1) is 0 Å². The number of fused-ring (bicyclic) bond motifs is 3. The summed E-state index contributed by atoms with van der Waals surface area (Å²) in [5, 5.41) is 3.80. The SMILES string of the molecule is CCNC(CC1CCCC1)C1CN2CCN1CC2. The van der Waals surface area contributed by atoms with Crippen LogP contribution in [0.15, 0.2) is 0 Å². The third-order valence-corrected chi connectivity index (χ3v) is 5.31. The average Bonchev–Trinajstić information content (AvgIpc) is 2.92. The maximum absolute atomic E-state index is 3.80. The maximum atomic E-state index is 3.80. The molecule has 0 aromatic rings. The smallest absolute Gasteiger partial charge is 0.0377 e. The van der Waals surface area contributed by atoms with Crippen molar-refractivity contribution in [3.05, 3.63) is 0 Å². The number of hydrogen-bond donors (Lipinski definition) is 1. The molecule has 4 aliphatic rings. The van der Waals surface area contributed by atoms with Crippen molar-refractivity contribution < 1.29 is 0 Å². The predicted molar refractivity (Wildman–Crippen MR) is 75.8 cm³/mol. The Labute approximate surface area is 112 Å². The summed E-state index contributed by atoms with van der Waals surface area (Å²) in [6.07, 6.45) is 7.34. The molecule has 2 unspecified atom stereocenters. The molecule has 3 heteroatoms. The maximum Gasteiger partial charge on any atom is 0.0377 e. The van der Waals surface area contributed by atoms with E-state index in [0.717, 1.165) is 24.5 Å². The normalized spacial score (nSPS) is 38.2. The fraction of sp³-hybridized carbons (Fsp3) is 1.00. The summed E-state index contributed by atoms with van der Waals surface area (Å²) < 4.78 is 0. The van der Waals surface area contributed by atoms with Crippen LogP contribution in [0.1, 0.15) is 39.0 Å². The van der Waals surface area contributed by atoms with Gasteiger partial charge in [0.1, 0.15) is 0 Å². The molecule has 3 saturated heterocycles. The van der Waals surface area contributed by atoms with E-state index in [1.165, 1.54) is 64.8 Å². The third-order valence-electron chi connectivity index (χ3n) is 5.31. The Kier molecular flexibility index (Phi) is 4.22. The summed E-state index contributed by atoms with van der Waals surface area (Å²) >= 11 is 0. The van der Waals surface area contributed by atoms with Crippen LogP contribution in [0.2, 0.25) is 0 Å². The van der Waals surface area contributed by atoms with Gasteiger partial charge in [-0.25, -0.2) is 0 Å². The van der Waals surface area contributed by atoms with Crippen LogP contribution >= 0.6 is 0 Å². The van der Waals surface area contributed by atoms with Crippen LogP contribution < -0.4 is 5.32 Å². The van der Waals surface area contributed by atoms with Gasteiger partial charge in [0.15, 0.2) is 0 Å². The lowest BCUT2D eigenvalue weighted by atomic mass is 9.90. The quantitative estimate of drug-likeness (QED) is 0.800. The number of hydrogen-bond acceptors (Lipinski definition) is 3. The van der Waals surface area contributed by atoms with Gasteiger partial charge in [-0.1, -0.05) is 32.6 Å². The minimum Gasteiger partial charge on any atom is -0.313 e. The van der Waals surface area contributed by atoms with E-state index >= 15 is 0 Å². The lowest BCUT2D eigenvalue weighted by molar-refractivity contribution is -0.00654. The Bertz CT molecular complexity index is 254. The molecule has 104 valence electrons. The van der Waals surface area contributed by atoms with Gasteiger partial charge in [-0.3, -0.25) is 9.80 Å². The van der Waals surface area contributed by atoms with E-state index in [1.54, 1.807) is 0 Å². The predicted octanol–water partition coefficient (Wildman–Crippen LogP) is 1.54. The highest BCUT2D eigenvalue weighted by Gasteiger charge is 2.37. The Hall–Kier alpha value is -0.120. The van der Waals surface area contributed by atoms with Gasteiger partial charge >= 0.3 is 0 Å². The third kappa shape index (κ3) is 2.73. The van der Waals surface area contributed by atoms with Gasteiger partial charge in [0.05, 0.1) is 0 Å². The van der Waals surface area contributed by atoms with Gasteiger partial charge in [0, 0.05) is 44.8 Å². The Morgan fingerprint density at radius 1 is 1.11 bits per heavy atom. The molecule has 18 heavy (non-hydrogen) atoms. The highest BCUT2D eigenvalue weighted by atomic mass is 15.4. The second-order valence-corrected chi connectivity index (χ2v) is 6.45. The van der Waals surface area contributed by atoms with Crippen LogP contribution in [0.25, 0.3) is 0 Å². The molecule has 2 atom stereocenters. The van der Waals surface area contributed by atoms with Crippen molar-refractivity contribution >= 4 is 0 Å². The Morgan fingerprint density at radius 3 is 2.39 bits per heavy atom. The van der Waals surface area contributed by atoms with Crippen LogP contribution in [0.5, 0.6) is 0 Å². The molecule has 1 N–H and O–H groups in total. The van der Waals surface area contributed by atoms with Crippen molar-refractivity contribution in [1.82, 2.24) is 15.1 Å². The van der Waals surface area contributed by atoms with Gasteiger partial charge in [-0.2, -0.15) is 0 Å². The molecule has 3 heterocycles. The lowest BCUT2D eigenvalue weighted by Crippen LogP contribution is -2.66. The lowest BCUT2D eigenvalue weighted by Gasteiger charge is -2.50. The minimum atomic E-state index is 0.737. The van der Waals surface area contributed by atoms with Crippen molar-refractivity contribution in [3.63, 3.8) is 0 Å². The minimum absolute atomic E-state index is 0.737. The largest absolute Gasteiger partial charge is 0.313 e. The first-order valence-electron chi connectivity index (χ1n) is 8.06. The molecule has 2 bridgehead atoms. The Morgan fingerprint density at radius 2 is 1.83 bits per heavy atom. The molecule has 1 aliphatic carbocycles. The summed E-state index contributed by atoms with van der Waals surface area (Å²) in [6.45, 7) is 9.91. The van der Waals surface area contributed by atoms with Crippen molar-refractivity contribution in [1.29, 1.82) is 0 Å². The van der Waals surface area contributed by atoms with E-state index in [-0.39, 0.29) is 0 Å². The molecular formula is C15H29N3. The first kappa shape index (κ1) is 12.9. The van der Waals surface area contributed by atoms with Crippen LogP contribution in [0.3, 0.4) is 0 Å². The molecule has 0 aromatic carbocycles. The molecule has 1 saturated carbocycles. The van der Waals surface area contributed by atoms with E-state index in [2.05, 4.69) is 22.0 Å². The summed E-state index contributed by atoms with van der Waals surface area (Å²) in [6, 6.07) is 1.52. The summed E-state index contributed by atoms with van der Waals surface area (Å²) in [4.78, 5) is 5.42. The number of piperazine rings is 3. The standard InChI is InChI=1S/C15H29N3/c1-2-16-14(11-13-5-3-4-6-13)15-12-17-7-9-18(15)10-8-17/h13-16H,2-12H2,1H3. The van der Waals surface area contributed by atoms with Crippen molar-refractivity contribution in [2.24, 2.45) is 5.92 Å². The second kappa shape index (κ2) is 5.89. The van der Waals surface area contributed by atoms with Crippen molar-refractivity contribution in [2.45, 2.75) is 51.1 Å². The first-order valence-corrected chi connectivity index (χ1v) is 8.06. The molecule has 4 fully saturated rings. The number of nitrogens with one attached hydrogen (secondary N) is 1. The highest BCUT2D eigenvalue weighted by molar-refractivity contribution is 4.95. The van der Waals surface area contributed by atoms with Crippen molar-refractivity contribution in [3.8, 4) is 0 Å². The van der Waals surface area contributed by atoms with E-state index in [1.807, 2.05) is 0 Å². The van der Waals surface area contributed by atoms with Gasteiger partial charge in [-0.05, 0) is 18.9 Å². The number of rotatable bonds is 5. The molecule has 0 amide bonds. The molecular weight excluding hydrogens is 222 g/mol. The van der Waals surface area contributed by atoms with Gasteiger partial charge in [0.25, 0.3) is 0 Å². The van der Waals surface area contributed by atoms with Crippen molar-refractivity contribution in [2.75, 3.05) is 39.3 Å². The molecule has 4 rings (SSSR count). The topological polar surface area (TPSA) is 18.5 Å². The summed E-state index contributed by atoms with van der Waals surface area (Å²) in [7, 11) is 0. The van der Waals surface area contributed by atoms with Gasteiger partial charge < -0.3 is 5.32 Å². The molecule has 0 aromatic heterocycles. The number of likely N-dealkylation sites (N-methyl/N-ethyl adjacent to an activating group) is 1. The fourth-order valence-corrected chi connectivity index (χ4v) is 4.28. The molecule has 3 nitrogen and oxygen atoms in total. The molecule has 0 radical (unpaired) electrons. The Balaban J connectivity index is 1.61. The average molecular weight is 251 g/mol. The van der Waals surface area contributed by atoms with Crippen LogP contribution in [-0.4, -0.2) is 61.2 Å². The zero-order chi connectivity index (χ0) is 12.4. The van der Waals surface area contributed by atoms with Crippen LogP contribution in [-0.2, 0) is 0 Å². The van der Waals surface area contributed by atoms with E-state index in [4.69, 9.17) is 0 Å². The zero-order valence-electron chi connectivity index (χ0n) is 11.9. The first-order chi connectivity index (χ1) is 8.86. The molecule has 0 spiro atoms. The monoisotopic (exact) mass is 251 g/mol. The van der Waals surface area contributed by atoms with Crippen LogP contribution in [0.4, 0.5) is 0 Å². The second-order valence-electron chi connectivity index (χ2n) is 6.45. The van der Waals surface area contributed by atoms with E-state index in [0.29, 0.717) is 0 Å². The summed E-state index contributed by atoms with van der Waals surface area (Å²) in [5.41, 5.74) is 0. The zero-order valence-corrected chi connectivity index (χ0v) is 11.9. The summed E-state index contributed by atoms with van der Waals surface area (Å²) in [5.74, 6) is 1.01. The number of nitrogens with zero attached hydrogens (tertiary/aromatic N) is 2. The fourth-order valence-electron chi connectivity index (χ4n) is 4.28.